The van der Waals surface area contributed by atoms with Crippen LogP contribution in [0.3, 0.4) is 0 Å². The number of rotatable bonds is 6. The number of hydrogen-bond donors (Lipinski definition) is 0. The first-order valence-electron chi connectivity index (χ1n) is 19.9. The molecule has 0 fully saturated rings. The average Bonchev–Trinajstić information content (AvgIpc) is 3.73. The van der Waals surface area contributed by atoms with Gasteiger partial charge in [0.05, 0.1) is 22.4 Å². The van der Waals surface area contributed by atoms with E-state index in [2.05, 4.69) is 230 Å². The topological polar surface area (TPSA) is 8.17 Å². The van der Waals surface area contributed by atoms with Crippen LogP contribution in [0, 0.1) is 0 Å². The molecule has 270 valence electrons. The van der Waals surface area contributed by atoms with Crippen molar-refractivity contribution in [3.05, 3.63) is 217 Å². The van der Waals surface area contributed by atoms with E-state index in [0.717, 1.165) is 11.4 Å². The second kappa shape index (κ2) is 13.0. The van der Waals surface area contributed by atoms with Crippen molar-refractivity contribution in [2.24, 2.45) is 0 Å². The summed E-state index contributed by atoms with van der Waals surface area (Å²) in [7, 11) is 0. The van der Waals surface area contributed by atoms with Crippen molar-refractivity contribution in [1.29, 1.82) is 0 Å². The highest BCUT2D eigenvalue weighted by Gasteiger charge is 2.38. The Hall–Kier alpha value is -7.16. The molecule has 2 heteroatoms. The normalized spacial score (nSPS) is 12.9. The van der Waals surface area contributed by atoms with Crippen LogP contribution >= 0.6 is 0 Å². The molecule has 1 aliphatic rings. The van der Waals surface area contributed by atoms with E-state index < -0.39 is 0 Å². The average molecular weight is 729 g/mol. The first kappa shape index (κ1) is 33.2. The van der Waals surface area contributed by atoms with E-state index in [-0.39, 0.29) is 5.41 Å². The van der Waals surface area contributed by atoms with Gasteiger partial charge in [0.1, 0.15) is 0 Å². The molecule has 57 heavy (non-hydrogen) atoms. The van der Waals surface area contributed by atoms with Gasteiger partial charge in [0, 0.05) is 33.1 Å². The van der Waals surface area contributed by atoms with Crippen molar-refractivity contribution in [2.75, 3.05) is 4.90 Å². The number of nitrogens with zero attached hydrogens (tertiary/aromatic N) is 2. The van der Waals surface area contributed by atoms with Crippen LogP contribution in [-0.4, -0.2) is 4.57 Å². The molecule has 0 aliphatic heterocycles. The van der Waals surface area contributed by atoms with Crippen molar-refractivity contribution >= 4 is 49.6 Å². The summed E-state index contributed by atoms with van der Waals surface area (Å²) in [5, 5.41) is 4.96. The maximum atomic E-state index is 2.48. The van der Waals surface area contributed by atoms with Gasteiger partial charge >= 0.3 is 0 Å². The molecule has 0 bridgehead atoms. The predicted octanol–water partition coefficient (Wildman–Crippen LogP) is 15.0. The Labute approximate surface area is 333 Å². The van der Waals surface area contributed by atoms with Crippen LogP contribution in [0.15, 0.2) is 206 Å². The Morgan fingerprint density at radius 1 is 0.421 bits per heavy atom. The SMILES string of the molecule is CC1(C)c2ccccc2-c2cccc(N(c3ccc(-c4ccccc4)cc3)c3cccc(-c4c(-n5c6ccccc6c6ccccc65)ccc5ccccc45)c3)c21. The van der Waals surface area contributed by atoms with Crippen LogP contribution < -0.4 is 4.90 Å². The zero-order valence-corrected chi connectivity index (χ0v) is 32.0. The van der Waals surface area contributed by atoms with Crippen LogP contribution in [0.2, 0.25) is 0 Å². The first-order valence-corrected chi connectivity index (χ1v) is 19.9. The third-order valence-corrected chi connectivity index (χ3v) is 12.2. The summed E-state index contributed by atoms with van der Waals surface area (Å²) in [6, 6.07) is 75.7. The second-order valence-electron chi connectivity index (χ2n) is 15.7. The molecule has 0 amide bonds. The lowest BCUT2D eigenvalue weighted by Gasteiger charge is -2.32. The molecule has 0 unspecified atom stereocenters. The molecule has 0 radical (unpaired) electrons. The second-order valence-corrected chi connectivity index (χ2v) is 15.7. The Morgan fingerprint density at radius 2 is 1.02 bits per heavy atom. The van der Waals surface area contributed by atoms with Crippen LogP contribution in [0.5, 0.6) is 0 Å². The highest BCUT2D eigenvalue weighted by atomic mass is 15.1. The molecule has 10 aromatic rings. The summed E-state index contributed by atoms with van der Waals surface area (Å²) in [5.74, 6) is 0. The number of anilines is 3. The highest BCUT2D eigenvalue weighted by molar-refractivity contribution is 6.11. The van der Waals surface area contributed by atoms with Gasteiger partial charge in [-0.2, -0.15) is 0 Å². The lowest BCUT2D eigenvalue weighted by atomic mass is 9.81. The molecule has 0 saturated carbocycles. The van der Waals surface area contributed by atoms with Gasteiger partial charge in [-0.15, -0.1) is 0 Å². The summed E-state index contributed by atoms with van der Waals surface area (Å²) >= 11 is 0. The van der Waals surface area contributed by atoms with E-state index in [1.54, 1.807) is 0 Å². The summed E-state index contributed by atoms with van der Waals surface area (Å²) < 4.78 is 2.46. The number of fused-ring (bicyclic) bond motifs is 7. The lowest BCUT2D eigenvalue weighted by molar-refractivity contribution is 0.661. The molecule has 0 N–H and O–H groups in total. The lowest BCUT2D eigenvalue weighted by Crippen LogP contribution is -2.20. The van der Waals surface area contributed by atoms with Crippen molar-refractivity contribution in [3.8, 4) is 39.1 Å². The Morgan fingerprint density at radius 3 is 1.79 bits per heavy atom. The van der Waals surface area contributed by atoms with E-state index in [0.29, 0.717) is 0 Å². The smallest absolute Gasteiger partial charge is 0.0547 e. The fourth-order valence-corrected chi connectivity index (χ4v) is 9.60. The van der Waals surface area contributed by atoms with Gasteiger partial charge in [-0.25, -0.2) is 0 Å². The minimum absolute atomic E-state index is 0.193. The zero-order chi connectivity index (χ0) is 38.1. The van der Waals surface area contributed by atoms with Crippen LogP contribution in [0.4, 0.5) is 17.1 Å². The van der Waals surface area contributed by atoms with Gasteiger partial charge in [-0.1, -0.05) is 172 Å². The quantitative estimate of drug-likeness (QED) is 0.165. The molecule has 0 spiro atoms. The Kier molecular flexibility index (Phi) is 7.55. The van der Waals surface area contributed by atoms with Gasteiger partial charge in [0.15, 0.2) is 0 Å². The zero-order valence-electron chi connectivity index (χ0n) is 32.0. The molecule has 1 heterocycles. The van der Waals surface area contributed by atoms with E-state index in [4.69, 9.17) is 0 Å². The summed E-state index contributed by atoms with van der Waals surface area (Å²) in [5.41, 5.74) is 16.9. The molecular formula is C55H40N2. The van der Waals surface area contributed by atoms with Crippen LogP contribution in [0.1, 0.15) is 25.0 Å². The summed E-state index contributed by atoms with van der Waals surface area (Å²) in [6.45, 7) is 4.75. The Balaban J connectivity index is 1.16. The largest absolute Gasteiger partial charge is 0.310 e. The minimum Gasteiger partial charge on any atom is -0.310 e. The number of para-hydroxylation sites is 2. The highest BCUT2D eigenvalue weighted by Crippen LogP contribution is 2.54. The molecule has 1 aliphatic carbocycles. The molecule has 0 atom stereocenters. The van der Waals surface area contributed by atoms with Gasteiger partial charge in [0.2, 0.25) is 0 Å². The third-order valence-electron chi connectivity index (χ3n) is 12.2. The van der Waals surface area contributed by atoms with Gasteiger partial charge in [-0.3, -0.25) is 0 Å². The standard InChI is InChI=1S/C55H40N2/c1-55(2)48-26-11-8-22-44(48)47-25-15-29-52(54(47)55)56(41-33-30-38(31-34-41)37-16-4-3-5-17-37)42-20-14-19-40(36-42)53-43-21-7-6-18-39(43)32-35-51(53)57-49-27-12-9-23-45(49)46-24-10-13-28-50(46)57/h3-36H,1-2H3. The Bertz CT molecular complexity index is 3100. The minimum atomic E-state index is -0.193. The molecule has 11 rings (SSSR count). The number of benzene rings is 9. The van der Waals surface area contributed by atoms with Crippen molar-refractivity contribution in [3.63, 3.8) is 0 Å². The fraction of sp³-hybridized carbons (Fsp3) is 0.0545. The monoisotopic (exact) mass is 728 g/mol. The summed E-state index contributed by atoms with van der Waals surface area (Å²) in [6.07, 6.45) is 0. The first-order chi connectivity index (χ1) is 28.1. The summed E-state index contributed by atoms with van der Waals surface area (Å²) in [4.78, 5) is 2.48. The van der Waals surface area contributed by atoms with Gasteiger partial charge in [-0.05, 0) is 98.2 Å². The molecule has 1 aromatic heterocycles. The van der Waals surface area contributed by atoms with E-state index in [1.807, 2.05) is 0 Å². The fourth-order valence-electron chi connectivity index (χ4n) is 9.60. The number of hydrogen-bond acceptors (Lipinski definition) is 1. The maximum absolute atomic E-state index is 2.48. The molecular weight excluding hydrogens is 689 g/mol. The predicted molar refractivity (Wildman–Crippen MR) is 241 cm³/mol. The van der Waals surface area contributed by atoms with E-state index >= 15 is 0 Å². The van der Waals surface area contributed by atoms with Gasteiger partial charge < -0.3 is 9.47 Å². The van der Waals surface area contributed by atoms with Crippen molar-refractivity contribution < 1.29 is 0 Å². The van der Waals surface area contributed by atoms with Gasteiger partial charge in [0.25, 0.3) is 0 Å². The molecule has 2 nitrogen and oxygen atoms in total. The van der Waals surface area contributed by atoms with Crippen LogP contribution in [-0.2, 0) is 5.41 Å². The third kappa shape index (κ3) is 5.18. The van der Waals surface area contributed by atoms with E-state index in [1.165, 1.54) is 88.5 Å². The van der Waals surface area contributed by atoms with Crippen molar-refractivity contribution in [2.45, 2.75) is 19.3 Å². The maximum Gasteiger partial charge on any atom is 0.0547 e. The molecule has 9 aromatic carbocycles. The molecule has 0 saturated heterocycles. The van der Waals surface area contributed by atoms with Crippen LogP contribution in [0.25, 0.3) is 71.6 Å². The van der Waals surface area contributed by atoms with E-state index in [9.17, 15) is 0 Å². The van der Waals surface area contributed by atoms with Crippen molar-refractivity contribution in [1.82, 2.24) is 4.57 Å². The number of aromatic nitrogens is 1.